The lowest BCUT2D eigenvalue weighted by molar-refractivity contribution is 0.0691. The van der Waals surface area contributed by atoms with Crippen LogP contribution in [0.5, 0.6) is 0 Å². The van der Waals surface area contributed by atoms with Gasteiger partial charge in [0, 0.05) is 11.1 Å². The molecule has 6 heteroatoms. The van der Waals surface area contributed by atoms with Gasteiger partial charge in [-0.1, -0.05) is 17.7 Å². The van der Waals surface area contributed by atoms with Gasteiger partial charge in [-0.15, -0.1) is 11.3 Å². The summed E-state index contributed by atoms with van der Waals surface area (Å²) in [5.74, 6) is -1.04. The van der Waals surface area contributed by atoms with Crippen LogP contribution in [0.15, 0.2) is 36.5 Å². The lowest BCUT2D eigenvalue weighted by Crippen LogP contribution is -1.99. The zero-order chi connectivity index (χ0) is 12.7. The SMILES string of the molecule is O=C(O)c1nn2ccccc2c1-c1ccc(Cl)s1. The van der Waals surface area contributed by atoms with Crippen LogP contribution in [0.2, 0.25) is 4.34 Å². The summed E-state index contributed by atoms with van der Waals surface area (Å²) in [5.41, 5.74) is 1.41. The number of thiophene rings is 1. The summed E-state index contributed by atoms with van der Waals surface area (Å²) in [6.45, 7) is 0. The van der Waals surface area contributed by atoms with Crippen LogP contribution in [-0.4, -0.2) is 20.7 Å². The lowest BCUT2D eigenvalue weighted by atomic mass is 10.1. The topological polar surface area (TPSA) is 54.6 Å². The number of halogens is 1. The smallest absolute Gasteiger partial charge is 0.357 e. The molecule has 3 aromatic heterocycles. The predicted octanol–water partition coefficient (Wildman–Crippen LogP) is 3.41. The maximum absolute atomic E-state index is 11.3. The van der Waals surface area contributed by atoms with Gasteiger partial charge < -0.3 is 5.11 Å². The van der Waals surface area contributed by atoms with Gasteiger partial charge in [-0.3, -0.25) is 0 Å². The molecule has 0 aromatic carbocycles. The monoisotopic (exact) mass is 278 g/mol. The molecule has 3 rings (SSSR count). The third kappa shape index (κ3) is 1.68. The van der Waals surface area contributed by atoms with Crippen LogP contribution in [0.1, 0.15) is 10.5 Å². The number of pyridine rings is 1. The average Bonchev–Trinajstić information content (AvgIpc) is 2.92. The van der Waals surface area contributed by atoms with Gasteiger partial charge in [0.2, 0.25) is 0 Å². The first kappa shape index (κ1) is 11.3. The van der Waals surface area contributed by atoms with Crippen molar-refractivity contribution in [2.75, 3.05) is 0 Å². The van der Waals surface area contributed by atoms with E-state index < -0.39 is 5.97 Å². The van der Waals surface area contributed by atoms with E-state index in [0.29, 0.717) is 9.90 Å². The van der Waals surface area contributed by atoms with Gasteiger partial charge in [0.1, 0.15) is 0 Å². The Balaban J connectivity index is 2.37. The third-order valence-electron chi connectivity index (χ3n) is 2.56. The highest BCUT2D eigenvalue weighted by Gasteiger charge is 2.20. The quantitative estimate of drug-likeness (QED) is 0.781. The number of carboxylic acids is 1. The number of hydrogen-bond donors (Lipinski definition) is 1. The van der Waals surface area contributed by atoms with Crippen molar-refractivity contribution in [2.45, 2.75) is 0 Å². The predicted molar refractivity (Wildman–Crippen MR) is 70.5 cm³/mol. The van der Waals surface area contributed by atoms with E-state index in [1.807, 2.05) is 18.2 Å². The Hall–Kier alpha value is -1.85. The van der Waals surface area contributed by atoms with E-state index in [4.69, 9.17) is 11.6 Å². The number of carboxylic acid groups (broad SMARTS) is 1. The molecule has 0 aliphatic heterocycles. The van der Waals surface area contributed by atoms with E-state index in [-0.39, 0.29) is 5.69 Å². The molecule has 0 atom stereocenters. The Morgan fingerprint density at radius 1 is 1.33 bits per heavy atom. The zero-order valence-corrected chi connectivity index (χ0v) is 10.6. The molecule has 3 aromatic rings. The highest BCUT2D eigenvalue weighted by atomic mass is 35.5. The van der Waals surface area contributed by atoms with Crippen molar-refractivity contribution in [1.82, 2.24) is 9.61 Å². The van der Waals surface area contributed by atoms with E-state index >= 15 is 0 Å². The van der Waals surface area contributed by atoms with Gasteiger partial charge in [0.05, 0.1) is 15.4 Å². The number of nitrogens with zero attached hydrogens (tertiary/aromatic N) is 2. The fraction of sp³-hybridized carbons (Fsp3) is 0. The summed E-state index contributed by atoms with van der Waals surface area (Å²) < 4.78 is 2.18. The van der Waals surface area contributed by atoms with Gasteiger partial charge in [-0.05, 0) is 24.3 Å². The summed E-state index contributed by atoms with van der Waals surface area (Å²) in [6, 6.07) is 9.05. The molecule has 0 radical (unpaired) electrons. The van der Waals surface area contributed by atoms with Crippen molar-refractivity contribution < 1.29 is 9.90 Å². The molecule has 3 heterocycles. The number of aromatic carboxylic acids is 1. The third-order valence-corrected chi connectivity index (χ3v) is 3.81. The van der Waals surface area contributed by atoms with Gasteiger partial charge in [-0.2, -0.15) is 5.10 Å². The van der Waals surface area contributed by atoms with Crippen molar-refractivity contribution >= 4 is 34.4 Å². The van der Waals surface area contributed by atoms with Gasteiger partial charge in [-0.25, -0.2) is 9.31 Å². The fourth-order valence-corrected chi connectivity index (χ4v) is 2.94. The zero-order valence-electron chi connectivity index (χ0n) is 9.00. The first-order chi connectivity index (χ1) is 8.66. The number of aromatic nitrogens is 2. The molecule has 4 nitrogen and oxygen atoms in total. The Labute approximate surface area is 111 Å². The largest absolute Gasteiger partial charge is 0.476 e. The van der Waals surface area contributed by atoms with E-state index in [1.54, 1.807) is 22.8 Å². The van der Waals surface area contributed by atoms with Gasteiger partial charge in [0.25, 0.3) is 0 Å². The molecular formula is C12H7ClN2O2S. The van der Waals surface area contributed by atoms with Crippen LogP contribution >= 0.6 is 22.9 Å². The number of hydrogen-bond acceptors (Lipinski definition) is 3. The van der Waals surface area contributed by atoms with E-state index in [0.717, 1.165) is 10.4 Å². The molecule has 0 aliphatic rings. The second-order valence-corrected chi connectivity index (χ2v) is 5.38. The summed E-state index contributed by atoms with van der Waals surface area (Å²) >= 11 is 7.24. The molecule has 0 saturated carbocycles. The van der Waals surface area contributed by atoms with Crippen LogP contribution in [-0.2, 0) is 0 Å². The van der Waals surface area contributed by atoms with Crippen LogP contribution in [0.4, 0.5) is 0 Å². The highest BCUT2D eigenvalue weighted by molar-refractivity contribution is 7.19. The lowest BCUT2D eigenvalue weighted by Gasteiger charge is -1.96. The Morgan fingerprint density at radius 2 is 2.17 bits per heavy atom. The fourth-order valence-electron chi connectivity index (χ4n) is 1.84. The maximum atomic E-state index is 11.3. The molecule has 90 valence electrons. The number of rotatable bonds is 2. The van der Waals surface area contributed by atoms with Crippen LogP contribution in [0.3, 0.4) is 0 Å². The number of carbonyl (C=O) groups is 1. The Kier molecular flexibility index (Phi) is 2.57. The van der Waals surface area contributed by atoms with Crippen LogP contribution in [0.25, 0.3) is 16.0 Å². The molecule has 0 saturated heterocycles. The second kappa shape index (κ2) is 4.12. The number of fused-ring (bicyclic) bond motifs is 1. The molecular weight excluding hydrogens is 272 g/mol. The minimum atomic E-state index is -1.04. The van der Waals surface area contributed by atoms with Crippen molar-refractivity contribution in [3.63, 3.8) is 0 Å². The van der Waals surface area contributed by atoms with Crippen LogP contribution in [0, 0.1) is 0 Å². The Morgan fingerprint density at radius 3 is 2.83 bits per heavy atom. The summed E-state index contributed by atoms with van der Waals surface area (Å²) in [5, 5.41) is 13.3. The minimum Gasteiger partial charge on any atom is -0.476 e. The van der Waals surface area contributed by atoms with Crippen LogP contribution < -0.4 is 0 Å². The van der Waals surface area contributed by atoms with Crippen molar-refractivity contribution in [3.8, 4) is 10.4 Å². The summed E-state index contributed by atoms with van der Waals surface area (Å²) in [4.78, 5) is 12.1. The van der Waals surface area contributed by atoms with E-state index in [1.165, 1.54) is 11.3 Å². The standard InChI is InChI=1S/C12H7ClN2O2S/c13-9-5-4-8(18-9)10-7-3-1-2-6-15(7)14-11(10)12(16)17/h1-6H,(H,16,17). The van der Waals surface area contributed by atoms with E-state index in [2.05, 4.69) is 5.10 Å². The first-order valence-corrected chi connectivity index (χ1v) is 6.32. The maximum Gasteiger partial charge on any atom is 0.357 e. The molecule has 0 bridgehead atoms. The minimum absolute atomic E-state index is 0.0414. The van der Waals surface area contributed by atoms with Crippen molar-refractivity contribution in [3.05, 3.63) is 46.6 Å². The molecule has 0 unspecified atom stereocenters. The normalized spacial score (nSPS) is 10.9. The molecule has 0 fully saturated rings. The molecule has 0 aliphatic carbocycles. The summed E-state index contributed by atoms with van der Waals surface area (Å²) in [6.07, 6.45) is 1.72. The second-order valence-electron chi connectivity index (χ2n) is 3.66. The van der Waals surface area contributed by atoms with Gasteiger partial charge >= 0.3 is 5.97 Å². The van der Waals surface area contributed by atoms with Crippen molar-refractivity contribution in [1.29, 1.82) is 0 Å². The van der Waals surface area contributed by atoms with E-state index in [9.17, 15) is 9.90 Å². The molecule has 0 spiro atoms. The first-order valence-electron chi connectivity index (χ1n) is 5.13. The average molecular weight is 279 g/mol. The Bertz CT molecular complexity index is 747. The van der Waals surface area contributed by atoms with Gasteiger partial charge in [0.15, 0.2) is 5.69 Å². The molecule has 0 amide bonds. The molecule has 1 N–H and O–H groups in total. The van der Waals surface area contributed by atoms with Crippen molar-refractivity contribution in [2.24, 2.45) is 0 Å². The highest BCUT2D eigenvalue weighted by Crippen LogP contribution is 2.35. The molecule has 18 heavy (non-hydrogen) atoms. The summed E-state index contributed by atoms with van der Waals surface area (Å²) in [7, 11) is 0.